The highest BCUT2D eigenvalue weighted by Gasteiger charge is 2.13. The van der Waals surface area contributed by atoms with Crippen molar-refractivity contribution >= 4 is 33.5 Å². The SMILES string of the molecule is C#CCOc1nc(Nc2ccccc2C(=O)OC)ncc1Br. The van der Waals surface area contributed by atoms with Crippen LogP contribution in [0.1, 0.15) is 10.4 Å². The Hall–Kier alpha value is -2.59. The summed E-state index contributed by atoms with van der Waals surface area (Å²) in [6.07, 6.45) is 6.69. The molecule has 0 aliphatic heterocycles. The molecule has 0 radical (unpaired) electrons. The molecule has 2 rings (SSSR count). The average Bonchev–Trinajstić information content (AvgIpc) is 2.55. The molecule has 7 heteroatoms. The first-order valence-corrected chi connectivity index (χ1v) is 6.98. The Balaban J connectivity index is 2.28. The van der Waals surface area contributed by atoms with Gasteiger partial charge in [0.25, 0.3) is 0 Å². The maximum Gasteiger partial charge on any atom is 0.339 e. The molecule has 22 heavy (non-hydrogen) atoms. The number of rotatable bonds is 5. The number of aromatic nitrogens is 2. The van der Waals surface area contributed by atoms with Crippen molar-refractivity contribution in [2.75, 3.05) is 19.0 Å². The van der Waals surface area contributed by atoms with Crippen LogP contribution in [0.4, 0.5) is 11.6 Å². The highest BCUT2D eigenvalue weighted by molar-refractivity contribution is 9.10. The molecule has 0 saturated carbocycles. The van der Waals surface area contributed by atoms with E-state index in [1.807, 2.05) is 0 Å². The molecule has 6 nitrogen and oxygen atoms in total. The van der Waals surface area contributed by atoms with Crippen LogP contribution in [0.2, 0.25) is 0 Å². The first-order chi connectivity index (χ1) is 10.7. The van der Waals surface area contributed by atoms with E-state index in [1.54, 1.807) is 24.3 Å². The Morgan fingerprint density at radius 3 is 2.95 bits per heavy atom. The van der Waals surface area contributed by atoms with E-state index < -0.39 is 5.97 Å². The van der Waals surface area contributed by atoms with Crippen LogP contribution in [0.5, 0.6) is 5.88 Å². The number of hydrogen-bond acceptors (Lipinski definition) is 6. The summed E-state index contributed by atoms with van der Waals surface area (Å²) in [7, 11) is 1.32. The normalized spacial score (nSPS) is 9.68. The number of carbonyl (C=O) groups excluding carboxylic acids is 1. The Morgan fingerprint density at radius 1 is 1.45 bits per heavy atom. The van der Waals surface area contributed by atoms with E-state index >= 15 is 0 Å². The lowest BCUT2D eigenvalue weighted by atomic mass is 10.2. The van der Waals surface area contributed by atoms with Crippen LogP contribution < -0.4 is 10.1 Å². The van der Waals surface area contributed by atoms with Crippen molar-refractivity contribution in [3.8, 4) is 18.2 Å². The fraction of sp³-hybridized carbons (Fsp3) is 0.133. The molecule has 0 aliphatic rings. The summed E-state index contributed by atoms with van der Waals surface area (Å²) in [6, 6.07) is 6.88. The van der Waals surface area contributed by atoms with Gasteiger partial charge in [0, 0.05) is 0 Å². The summed E-state index contributed by atoms with van der Waals surface area (Å²) in [6.45, 7) is 0.0911. The summed E-state index contributed by atoms with van der Waals surface area (Å²) >= 11 is 3.27. The third-order valence-electron chi connectivity index (χ3n) is 2.58. The first-order valence-electron chi connectivity index (χ1n) is 6.19. The first kappa shape index (κ1) is 15.8. The summed E-state index contributed by atoms with van der Waals surface area (Å²) in [5.41, 5.74) is 0.905. The number of terminal acetylenes is 1. The highest BCUT2D eigenvalue weighted by Crippen LogP contribution is 2.25. The summed E-state index contributed by atoms with van der Waals surface area (Å²) in [5.74, 6) is 2.49. The van der Waals surface area contributed by atoms with E-state index in [4.69, 9.17) is 15.9 Å². The molecule has 0 amide bonds. The monoisotopic (exact) mass is 361 g/mol. The largest absolute Gasteiger partial charge is 0.465 e. The number of nitrogens with zero attached hydrogens (tertiary/aromatic N) is 2. The second kappa shape index (κ2) is 7.43. The van der Waals surface area contributed by atoms with Crippen molar-refractivity contribution in [1.82, 2.24) is 9.97 Å². The highest BCUT2D eigenvalue weighted by atomic mass is 79.9. The number of benzene rings is 1. The maximum absolute atomic E-state index is 11.7. The zero-order chi connectivity index (χ0) is 15.9. The van der Waals surface area contributed by atoms with Crippen molar-refractivity contribution < 1.29 is 14.3 Å². The molecule has 0 spiro atoms. The third-order valence-corrected chi connectivity index (χ3v) is 3.13. The van der Waals surface area contributed by atoms with Gasteiger partial charge in [0.2, 0.25) is 11.8 Å². The smallest absolute Gasteiger partial charge is 0.339 e. The quantitative estimate of drug-likeness (QED) is 0.651. The maximum atomic E-state index is 11.7. The molecule has 0 saturated heterocycles. The van der Waals surface area contributed by atoms with Gasteiger partial charge >= 0.3 is 5.97 Å². The lowest BCUT2D eigenvalue weighted by molar-refractivity contribution is 0.0602. The minimum absolute atomic E-state index is 0.0911. The van der Waals surface area contributed by atoms with E-state index in [2.05, 4.69) is 37.1 Å². The standard InChI is InChI=1S/C15H12BrN3O3/c1-3-8-22-13-11(16)9-17-15(19-13)18-12-7-5-4-6-10(12)14(20)21-2/h1,4-7,9H,8H2,2H3,(H,17,18,19). The molecular formula is C15H12BrN3O3. The molecule has 1 aromatic carbocycles. The molecule has 0 atom stereocenters. The number of methoxy groups -OCH3 is 1. The topological polar surface area (TPSA) is 73.3 Å². The van der Waals surface area contributed by atoms with Gasteiger partial charge in [-0.2, -0.15) is 4.98 Å². The van der Waals surface area contributed by atoms with Gasteiger partial charge in [-0.25, -0.2) is 9.78 Å². The molecule has 112 valence electrons. The van der Waals surface area contributed by atoms with Crippen molar-refractivity contribution in [2.24, 2.45) is 0 Å². The number of ether oxygens (including phenoxy) is 2. The van der Waals surface area contributed by atoms with Gasteiger partial charge in [-0.3, -0.25) is 0 Å². The van der Waals surface area contributed by atoms with E-state index in [0.29, 0.717) is 21.6 Å². The van der Waals surface area contributed by atoms with Crippen molar-refractivity contribution in [3.05, 3.63) is 40.5 Å². The Bertz CT molecular complexity index is 728. The van der Waals surface area contributed by atoms with Gasteiger partial charge in [-0.15, -0.1) is 6.42 Å². The number of hydrogen-bond donors (Lipinski definition) is 1. The fourth-order valence-corrected chi connectivity index (χ4v) is 1.93. The van der Waals surface area contributed by atoms with Crippen molar-refractivity contribution in [3.63, 3.8) is 0 Å². The number of esters is 1. The summed E-state index contributed by atoms with van der Waals surface area (Å²) in [4.78, 5) is 20.0. The number of para-hydroxylation sites is 1. The van der Waals surface area contributed by atoms with Crippen LogP contribution in [0, 0.1) is 12.3 Å². The van der Waals surface area contributed by atoms with E-state index in [-0.39, 0.29) is 12.6 Å². The Labute approximate surface area is 136 Å². The fourth-order valence-electron chi connectivity index (χ4n) is 1.62. The molecule has 0 fully saturated rings. The number of nitrogens with one attached hydrogen (secondary N) is 1. The lowest BCUT2D eigenvalue weighted by Gasteiger charge is -2.10. The summed E-state index contributed by atoms with van der Waals surface area (Å²) < 4.78 is 10.6. The van der Waals surface area contributed by atoms with Crippen LogP contribution >= 0.6 is 15.9 Å². The van der Waals surface area contributed by atoms with E-state index in [9.17, 15) is 4.79 Å². The van der Waals surface area contributed by atoms with Crippen LogP contribution in [-0.4, -0.2) is 29.7 Å². The predicted octanol–water partition coefficient (Wildman–Crippen LogP) is 2.78. The van der Waals surface area contributed by atoms with Gasteiger partial charge in [0.05, 0.1) is 29.0 Å². The molecule has 0 bridgehead atoms. The van der Waals surface area contributed by atoms with Gasteiger partial charge in [-0.05, 0) is 28.1 Å². The van der Waals surface area contributed by atoms with E-state index in [0.717, 1.165) is 0 Å². The van der Waals surface area contributed by atoms with Crippen molar-refractivity contribution in [2.45, 2.75) is 0 Å². The molecule has 1 heterocycles. The molecular weight excluding hydrogens is 350 g/mol. The second-order valence-electron chi connectivity index (χ2n) is 4.00. The average molecular weight is 362 g/mol. The van der Waals surface area contributed by atoms with Crippen LogP contribution in [0.15, 0.2) is 34.9 Å². The van der Waals surface area contributed by atoms with Gasteiger partial charge in [-0.1, -0.05) is 18.1 Å². The molecule has 0 aliphatic carbocycles. The van der Waals surface area contributed by atoms with E-state index in [1.165, 1.54) is 13.3 Å². The molecule has 1 aromatic heterocycles. The molecule has 0 unspecified atom stereocenters. The second-order valence-corrected chi connectivity index (χ2v) is 4.86. The summed E-state index contributed by atoms with van der Waals surface area (Å²) in [5, 5.41) is 2.96. The zero-order valence-electron chi connectivity index (χ0n) is 11.7. The third kappa shape index (κ3) is 3.74. The predicted molar refractivity (Wildman–Crippen MR) is 85.1 cm³/mol. The van der Waals surface area contributed by atoms with Crippen LogP contribution in [-0.2, 0) is 4.74 Å². The minimum atomic E-state index is -0.455. The number of carbonyl (C=O) groups is 1. The van der Waals surface area contributed by atoms with Crippen LogP contribution in [0.3, 0.4) is 0 Å². The van der Waals surface area contributed by atoms with Gasteiger partial charge in [0.1, 0.15) is 0 Å². The molecule has 2 aromatic rings. The van der Waals surface area contributed by atoms with Gasteiger partial charge in [0.15, 0.2) is 6.61 Å². The van der Waals surface area contributed by atoms with Crippen molar-refractivity contribution in [1.29, 1.82) is 0 Å². The number of halogens is 1. The molecule has 1 N–H and O–H groups in total. The zero-order valence-corrected chi connectivity index (χ0v) is 13.3. The Morgan fingerprint density at radius 2 is 2.23 bits per heavy atom. The van der Waals surface area contributed by atoms with Gasteiger partial charge < -0.3 is 14.8 Å². The van der Waals surface area contributed by atoms with Crippen LogP contribution in [0.25, 0.3) is 0 Å². The Kier molecular flexibility index (Phi) is 5.33. The minimum Gasteiger partial charge on any atom is -0.465 e. The number of anilines is 2. The lowest BCUT2D eigenvalue weighted by Crippen LogP contribution is -2.07.